The Bertz CT molecular complexity index is 381. The third kappa shape index (κ3) is 2.73. The highest BCUT2D eigenvalue weighted by molar-refractivity contribution is 5.22. The topological polar surface area (TPSA) is 29.3 Å². The van der Waals surface area contributed by atoms with Gasteiger partial charge in [0.2, 0.25) is 0 Å². The van der Waals surface area contributed by atoms with Crippen molar-refractivity contribution in [3.63, 3.8) is 0 Å². The third-order valence-corrected chi connectivity index (χ3v) is 4.03. The lowest BCUT2D eigenvalue weighted by Crippen LogP contribution is -2.44. The monoisotopic (exact) mass is 250 g/mol. The van der Waals surface area contributed by atoms with Gasteiger partial charge in [0.15, 0.2) is 0 Å². The first-order valence-electron chi connectivity index (χ1n) is 6.98. The maximum absolute atomic E-state index is 13.9. The van der Waals surface area contributed by atoms with Gasteiger partial charge in [-0.1, -0.05) is 31.5 Å². The van der Waals surface area contributed by atoms with Crippen LogP contribution in [-0.2, 0) is 0 Å². The molecule has 0 amide bonds. The molecule has 2 rings (SSSR count). The van der Waals surface area contributed by atoms with Crippen molar-refractivity contribution in [2.75, 3.05) is 13.1 Å². The van der Waals surface area contributed by atoms with E-state index in [0.717, 1.165) is 18.5 Å². The second kappa shape index (κ2) is 6.30. The van der Waals surface area contributed by atoms with Gasteiger partial charge < -0.3 is 5.73 Å². The smallest absolute Gasteiger partial charge is 0.128 e. The van der Waals surface area contributed by atoms with E-state index in [1.807, 2.05) is 12.1 Å². The summed E-state index contributed by atoms with van der Waals surface area (Å²) in [7, 11) is 0. The number of likely N-dealkylation sites (tertiary alicyclic amines) is 1. The SMILES string of the molecule is CCC1CCCCN1C(CN)c1ccccc1F. The first-order chi connectivity index (χ1) is 8.77. The normalized spacial score (nSPS) is 22.9. The number of hydrogen-bond donors (Lipinski definition) is 1. The van der Waals surface area contributed by atoms with E-state index in [-0.39, 0.29) is 11.9 Å². The summed E-state index contributed by atoms with van der Waals surface area (Å²) in [6.07, 6.45) is 4.80. The first-order valence-corrected chi connectivity index (χ1v) is 6.98. The molecule has 2 atom stereocenters. The second-order valence-electron chi connectivity index (χ2n) is 5.07. The van der Waals surface area contributed by atoms with Crippen LogP contribution in [0.4, 0.5) is 4.39 Å². The Morgan fingerprint density at radius 2 is 2.17 bits per heavy atom. The van der Waals surface area contributed by atoms with Gasteiger partial charge in [-0.3, -0.25) is 4.90 Å². The zero-order valence-corrected chi connectivity index (χ0v) is 11.1. The Hall–Kier alpha value is -0.930. The Labute approximate surface area is 109 Å². The minimum atomic E-state index is -0.131. The molecule has 1 aliphatic rings. The average molecular weight is 250 g/mol. The van der Waals surface area contributed by atoms with E-state index in [4.69, 9.17) is 5.73 Å². The molecule has 0 aromatic heterocycles. The number of nitrogens with two attached hydrogens (primary N) is 1. The Morgan fingerprint density at radius 1 is 1.39 bits per heavy atom. The van der Waals surface area contributed by atoms with Crippen molar-refractivity contribution in [2.24, 2.45) is 5.73 Å². The van der Waals surface area contributed by atoms with Gasteiger partial charge in [-0.2, -0.15) is 0 Å². The van der Waals surface area contributed by atoms with E-state index in [9.17, 15) is 4.39 Å². The molecular formula is C15H23FN2. The summed E-state index contributed by atoms with van der Waals surface area (Å²) in [4.78, 5) is 2.40. The summed E-state index contributed by atoms with van der Waals surface area (Å²) >= 11 is 0. The molecule has 1 fully saturated rings. The van der Waals surface area contributed by atoms with Crippen molar-refractivity contribution in [3.8, 4) is 0 Å². The lowest BCUT2D eigenvalue weighted by Gasteiger charge is -2.40. The summed E-state index contributed by atoms with van der Waals surface area (Å²) in [5.74, 6) is -0.131. The van der Waals surface area contributed by atoms with Crippen molar-refractivity contribution in [3.05, 3.63) is 35.6 Å². The van der Waals surface area contributed by atoms with Gasteiger partial charge in [0.1, 0.15) is 5.82 Å². The van der Waals surface area contributed by atoms with Crippen LogP contribution in [0.5, 0.6) is 0 Å². The molecule has 3 heteroatoms. The number of nitrogens with zero attached hydrogens (tertiary/aromatic N) is 1. The summed E-state index contributed by atoms with van der Waals surface area (Å²) in [6, 6.07) is 7.60. The van der Waals surface area contributed by atoms with Crippen molar-refractivity contribution < 1.29 is 4.39 Å². The first kappa shape index (κ1) is 13.5. The van der Waals surface area contributed by atoms with E-state index in [0.29, 0.717) is 12.6 Å². The molecule has 1 aromatic carbocycles. The van der Waals surface area contributed by atoms with Gasteiger partial charge in [-0.25, -0.2) is 4.39 Å². The fourth-order valence-electron chi connectivity index (χ4n) is 3.06. The lowest BCUT2D eigenvalue weighted by molar-refractivity contribution is 0.0930. The number of benzene rings is 1. The number of rotatable bonds is 4. The van der Waals surface area contributed by atoms with Crippen molar-refractivity contribution in [1.29, 1.82) is 0 Å². The molecule has 1 heterocycles. The molecule has 18 heavy (non-hydrogen) atoms. The van der Waals surface area contributed by atoms with E-state index >= 15 is 0 Å². The van der Waals surface area contributed by atoms with Crippen LogP contribution in [0.15, 0.2) is 24.3 Å². The highest BCUT2D eigenvalue weighted by atomic mass is 19.1. The molecule has 0 spiro atoms. The summed E-state index contributed by atoms with van der Waals surface area (Å²) in [6.45, 7) is 3.73. The molecule has 0 aliphatic carbocycles. The predicted octanol–water partition coefficient (Wildman–Crippen LogP) is 3.09. The van der Waals surface area contributed by atoms with Crippen LogP contribution in [0.25, 0.3) is 0 Å². The third-order valence-electron chi connectivity index (χ3n) is 4.03. The molecule has 1 saturated heterocycles. The fourth-order valence-corrected chi connectivity index (χ4v) is 3.06. The molecule has 2 N–H and O–H groups in total. The lowest BCUT2D eigenvalue weighted by atomic mass is 9.94. The molecule has 0 saturated carbocycles. The van der Waals surface area contributed by atoms with Crippen LogP contribution in [-0.4, -0.2) is 24.0 Å². The molecule has 2 nitrogen and oxygen atoms in total. The molecular weight excluding hydrogens is 227 g/mol. The highest BCUT2D eigenvalue weighted by Gasteiger charge is 2.29. The molecule has 100 valence electrons. The van der Waals surface area contributed by atoms with Crippen LogP contribution in [0.3, 0.4) is 0 Å². The fraction of sp³-hybridized carbons (Fsp3) is 0.600. The summed E-state index contributed by atoms with van der Waals surface area (Å²) in [5.41, 5.74) is 6.66. The zero-order chi connectivity index (χ0) is 13.0. The molecule has 0 bridgehead atoms. The maximum atomic E-state index is 13.9. The van der Waals surface area contributed by atoms with Crippen LogP contribution >= 0.6 is 0 Å². The minimum Gasteiger partial charge on any atom is -0.329 e. The second-order valence-corrected chi connectivity index (χ2v) is 5.07. The van der Waals surface area contributed by atoms with Gasteiger partial charge in [0.05, 0.1) is 6.04 Å². The number of halogens is 1. The van der Waals surface area contributed by atoms with Crippen LogP contribution in [0, 0.1) is 5.82 Å². The van der Waals surface area contributed by atoms with E-state index < -0.39 is 0 Å². The summed E-state index contributed by atoms with van der Waals surface area (Å²) < 4.78 is 13.9. The van der Waals surface area contributed by atoms with E-state index in [1.165, 1.54) is 25.3 Å². The quantitative estimate of drug-likeness (QED) is 0.889. The standard InChI is InChI=1S/C15H23FN2/c1-2-12-7-5-6-10-18(12)15(11-17)13-8-3-4-9-14(13)16/h3-4,8-9,12,15H,2,5-7,10-11,17H2,1H3. The van der Waals surface area contributed by atoms with Crippen molar-refractivity contribution in [1.82, 2.24) is 4.90 Å². The molecule has 1 aromatic rings. The highest BCUT2D eigenvalue weighted by Crippen LogP contribution is 2.30. The van der Waals surface area contributed by atoms with Gasteiger partial charge >= 0.3 is 0 Å². The summed E-state index contributed by atoms with van der Waals surface area (Å²) in [5, 5.41) is 0. The zero-order valence-electron chi connectivity index (χ0n) is 11.1. The van der Waals surface area contributed by atoms with Crippen molar-refractivity contribution >= 4 is 0 Å². The van der Waals surface area contributed by atoms with E-state index in [1.54, 1.807) is 6.07 Å². The van der Waals surface area contributed by atoms with Crippen molar-refractivity contribution in [2.45, 2.75) is 44.7 Å². The Kier molecular flexibility index (Phi) is 4.72. The van der Waals surface area contributed by atoms with Crippen LogP contribution in [0.2, 0.25) is 0 Å². The Morgan fingerprint density at radius 3 is 2.83 bits per heavy atom. The minimum absolute atomic E-state index is 0.0245. The number of hydrogen-bond acceptors (Lipinski definition) is 2. The maximum Gasteiger partial charge on any atom is 0.128 e. The molecule has 2 unspecified atom stereocenters. The van der Waals surface area contributed by atoms with Crippen LogP contribution in [0.1, 0.15) is 44.2 Å². The average Bonchev–Trinajstić information content (AvgIpc) is 2.42. The Balaban J connectivity index is 2.24. The van der Waals surface area contributed by atoms with Gasteiger partial charge in [0.25, 0.3) is 0 Å². The molecule has 0 radical (unpaired) electrons. The van der Waals surface area contributed by atoms with Gasteiger partial charge in [-0.05, 0) is 31.9 Å². The number of piperidine rings is 1. The molecule has 1 aliphatic heterocycles. The van der Waals surface area contributed by atoms with E-state index in [2.05, 4.69) is 11.8 Å². The van der Waals surface area contributed by atoms with Crippen LogP contribution < -0.4 is 5.73 Å². The largest absolute Gasteiger partial charge is 0.329 e. The van der Waals surface area contributed by atoms with Gasteiger partial charge in [-0.15, -0.1) is 0 Å². The predicted molar refractivity (Wildman–Crippen MR) is 72.8 cm³/mol. The van der Waals surface area contributed by atoms with Gasteiger partial charge in [0, 0.05) is 18.2 Å².